The number of amides is 1. The molecule has 0 aliphatic heterocycles. The summed E-state index contributed by atoms with van der Waals surface area (Å²) in [6, 6.07) is 3.42. The van der Waals surface area contributed by atoms with Crippen LogP contribution in [0.4, 0.5) is 10.8 Å². The molecule has 2 aromatic rings. The van der Waals surface area contributed by atoms with Gasteiger partial charge in [0.1, 0.15) is 10.8 Å². The molecule has 1 amide bonds. The fourth-order valence-corrected chi connectivity index (χ4v) is 1.75. The zero-order valence-corrected chi connectivity index (χ0v) is 10.2. The Hall–Kier alpha value is -2.02. The van der Waals surface area contributed by atoms with Crippen LogP contribution in [0.3, 0.4) is 0 Å². The van der Waals surface area contributed by atoms with E-state index in [2.05, 4.69) is 25.2 Å². The monoisotopic (exact) mass is 249 g/mol. The van der Waals surface area contributed by atoms with Crippen LogP contribution in [0.15, 0.2) is 18.3 Å². The van der Waals surface area contributed by atoms with E-state index in [9.17, 15) is 4.79 Å². The highest BCUT2D eigenvalue weighted by molar-refractivity contribution is 7.10. The maximum Gasteiger partial charge on any atom is 0.256 e. The number of rotatable bonds is 3. The van der Waals surface area contributed by atoms with Crippen molar-refractivity contribution in [2.45, 2.75) is 6.92 Å². The summed E-state index contributed by atoms with van der Waals surface area (Å²) in [5, 5.41) is 9.89. The van der Waals surface area contributed by atoms with Gasteiger partial charge in [-0.05, 0) is 19.1 Å². The highest BCUT2D eigenvalue weighted by Gasteiger charge is 2.09. The molecule has 17 heavy (non-hydrogen) atoms. The highest BCUT2D eigenvalue weighted by Crippen LogP contribution is 2.14. The standard InChI is InChI=1S/C10H11N5OS/c1-6-3-7(4-8(11-2)13-6)10(16)14-9-5-12-15-17-9/h3-5H,1-2H3,(H,11,13)(H,14,16). The Morgan fingerprint density at radius 3 is 2.88 bits per heavy atom. The molecular formula is C10H11N5OS. The van der Waals surface area contributed by atoms with Crippen LogP contribution in [0.1, 0.15) is 16.1 Å². The third kappa shape index (κ3) is 2.76. The molecule has 0 radical (unpaired) electrons. The molecule has 2 aromatic heterocycles. The van der Waals surface area contributed by atoms with Gasteiger partial charge in [0.15, 0.2) is 0 Å². The van der Waals surface area contributed by atoms with Crippen LogP contribution in [0, 0.1) is 6.92 Å². The minimum Gasteiger partial charge on any atom is -0.373 e. The van der Waals surface area contributed by atoms with Crippen molar-refractivity contribution in [3.8, 4) is 0 Å². The van der Waals surface area contributed by atoms with Crippen molar-refractivity contribution in [2.24, 2.45) is 0 Å². The predicted molar refractivity (Wildman–Crippen MR) is 66.4 cm³/mol. The Morgan fingerprint density at radius 1 is 1.41 bits per heavy atom. The van der Waals surface area contributed by atoms with Gasteiger partial charge in [-0.1, -0.05) is 4.49 Å². The van der Waals surface area contributed by atoms with Gasteiger partial charge >= 0.3 is 0 Å². The second-order valence-corrected chi connectivity index (χ2v) is 4.15. The summed E-state index contributed by atoms with van der Waals surface area (Å²) < 4.78 is 3.67. The molecule has 0 aromatic carbocycles. The molecule has 2 N–H and O–H groups in total. The Kier molecular flexibility index (Phi) is 3.29. The minimum absolute atomic E-state index is 0.196. The quantitative estimate of drug-likeness (QED) is 0.862. The van der Waals surface area contributed by atoms with Gasteiger partial charge in [-0.15, -0.1) is 5.10 Å². The Morgan fingerprint density at radius 2 is 2.24 bits per heavy atom. The maximum absolute atomic E-state index is 11.9. The molecule has 6 nitrogen and oxygen atoms in total. The first-order chi connectivity index (χ1) is 8.19. The van der Waals surface area contributed by atoms with Crippen molar-refractivity contribution in [1.29, 1.82) is 0 Å². The van der Waals surface area contributed by atoms with Crippen molar-refractivity contribution < 1.29 is 4.79 Å². The van der Waals surface area contributed by atoms with E-state index in [1.165, 1.54) is 6.20 Å². The van der Waals surface area contributed by atoms with Crippen molar-refractivity contribution in [3.05, 3.63) is 29.6 Å². The van der Waals surface area contributed by atoms with Gasteiger partial charge in [-0.2, -0.15) is 0 Å². The van der Waals surface area contributed by atoms with Gasteiger partial charge < -0.3 is 10.6 Å². The molecule has 0 fully saturated rings. The normalized spacial score (nSPS) is 10.0. The summed E-state index contributed by atoms with van der Waals surface area (Å²) in [6.45, 7) is 1.84. The Bertz CT molecular complexity index is 525. The van der Waals surface area contributed by atoms with E-state index in [1.54, 1.807) is 19.2 Å². The first-order valence-corrected chi connectivity index (χ1v) is 5.71. The largest absolute Gasteiger partial charge is 0.373 e. The number of carbonyl (C=O) groups is 1. The smallest absolute Gasteiger partial charge is 0.256 e. The van der Waals surface area contributed by atoms with Crippen molar-refractivity contribution >= 4 is 28.3 Å². The van der Waals surface area contributed by atoms with Crippen molar-refractivity contribution in [2.75, 3.05) is 17.7 Å². The minimum atomic E-state index is -0.196. The summed E-state index contributed by atoms with van der Waals surface area (Å²) in [5.74, 6) is 0.468. The molecule has 7 heteroatoms. The molecule has 0 spiro atoms. The molecule has 2 rings (SSSR count). The van der Waals surface area contributed by atoms with Gasteiger partial charge in [-0.3, -0.25) is 4.79 Å². The van der Waals surface area contributed by atoms with Crippen LogP contribution in [0.2, 0.25) is 0 Å². The lowest BCUT2D eigenvalue weighted by Crippen LogP contribution is -2.12. The van der Waals surface area contributed by atoms with Crippen molar-refractivity contribution in [3.63, 3.8) is 0 Å². The fourth-order valence-electron chi connectivity index (χ4n) is 1.33. The molecule has 0 atom stereocenters. The van der Waals surface area contributed by atoms with Crippen LogP contribution in [-0.2, 0) is 0 Å². The summed E-state index contributed by atoms with van der Waals surface area (Å²) >= 11 is 1.14. The second-order valence-electron chi connectivity index (χ2n) is 3.37. The van der Waals surface area contributed by atoms with Crippen LogP contribution in [0.5, 0.6) is 0 Å². The number of aromatic nitrogens is 3. The van der Waals surface area contributed by atoms with E-state index in [0.717, 1.165) is 17.2 Å². The molecule has 0 saturated carbocycles. The third-order valence-electron chi connectivity index (χ3n) is 2.07. The van der Waals surface area contributed by atoms with Gasteiger partial charge in [0, 0.05) is 29.8 Å². The SMILES string of the molecule is CNc1cc(C(=O)Nc2cnns2)cc(C)n1. The van der Waals surface area contributed by atoms with Crippen LogP contribution >= 0.6 is 11.5 Å². The molecule has 88 valence electrons. The van der Waals surface area contributed by atoms with Crippen LogP contribution in [0.25, 0.3) is 0 Å². The summed E-state index contributed by atoms with van der Waals surface area (Å²) in [6.07, 6.45) is 1.51. The Balaban J connectivity index is 2.21. The molecule has 0 unspecified atom stereocenters. The number of hydrogen-bond donors (Lipinski definition) is 2. The van der Waals surface area contributed by atoms with E-state index in [1.807, 2.05) is 6.92 Å². The lowest BCUT2D eigenvalue weighted by molar-refractivity contribution is 0.102. The molecular weight excluding hydrogens is 238 g/mol. The number of pyridine rings is 1. The fraction of sp³-hybridized carbons (Fsp3) is 0.200. The summed E-state index contributed by atoms with van der Waals surface area (Å²) in [5.41, 5.74) is 1.33. The number of carbonyl (C=O) groups excluding carboxylic acids is 1. The molecule has 0 bridgehead atoms. The average molecular weight is 249 g/mol. The van der Waals surface area contributed by atoms with E-state index in [4.69, 9.17) is 0 Å². The predicted octanol–water partition coefficient (Wildman–Crippen LogP) is 1.54. The summed E-state index contributed by atoms with van der Waals surface area (Å²) in [4.78, 5) is 16.1. The number of anilines is 2. The van der Waals surface area contributed by atoms with Crippen LogP contribution in [-0.4, -0.2) is 27.5 Å². The summed E-state index contributed by atoms with van der Waals surface area (Å²) in [7, 11) is 1.76. The zero-order valence-electron chi connectivity index (χ0n) is 9.39. The van der Waals surface area contributed by atoms with E-state index in [-0.39, 0.29) is 5.91 Å². The van der Waals surface area contributed by atoms with Gasteiger partial charge in [0.05, 0.1) is 6.20 Å². The number of nitrogens with one attached hydrogen (secondary N) is 2. The average Bonchev–Trinajstić information content (AvgIpc) is 2.81. The van der Waals surface area contributed by atoms with Gasteiger partial charge in [0.2, 0.25) is 0 Å². The molecule has 0 saturated heterocycles. The zero-order chi connectivity index (χ0) is 12.3. The number of hydrogen-bond acceptors (Lipinski definition) is 6. The van der Waals surface area contributed by atoms with E-state index in [0.29, 0.717) is 16.4 Å². The third-order valence-corrected chi connectivity index (χ3v) is 2.65. The van der Waals surface area contributed by atoms with Crippen LogP contribution < -0.4 is 10.6 Å². The maximum atomic E-state index is 11.9. The highest BCUT2D eigenvalue weighted by atomic mass is 32.1. The molecule has 0 aliphatic carbocycles. The topological polar surface area (TPSA) is 79.8 Å². The van der Waals surface area contributed by atoms with Crippen molar-refractivity contribution in [1.82, 2.24) is 14.6 Å². The second kappa shape index (κ2) is 4.88. The number of nitrogens with zero attached hydrogens (tertiary/aromatic N) is 3. The number of aryl methyl sites for hydroxylation is 1. The molecule has 2 heterocycles. The van der Waals surface area contributed by atoms with E-state index >= 15 is 0 Å². The Labute approximate surface area is 102 Å². The lowest BCUT2D eigenvalue weighted by atomic mass is 10.2. The van der Waals surface area contributed by atoms with Gasteiger partial charge in [0.25, 0.3) is 5.91 Å². The first-order valence-electron chi connectivity index (χ1n) is 4.94. The van der Waals surface area contributed by atoms with E-state index < -0.39 is 0 Å². The van der Waals surface area contributed by atoms with Gasteiger partial charge in [-0.25, -0.2) is 4.98 Å². The molecule has 0 aliphatic rings. The first kappa shape index (κ1) is 11.5. The lowest BCUT2D eigenvalue weighted by Gasteiger charge is -2.05.